The Hall–Kier alpha value is -2.24. The normalized spacial score (nSPS) is 16.7. The lowest BCUT2D eigenvalue weighted by Gasteiger charge is -2.34. The zero-order valence-corrected chi connectivity index (χ0v) is 23.4. The number of aliphatic carboxylic acids is 1. The fourth-order valence-corrected chi connectivity index (χ4v) is 7.10. The van der Waals surface area contributed by atoms with E-state index in [1.54, 1.807) is 6.07 Å². The number of rotatable bonds is 8. The van der Waals surface area contributed by atoms with Crippen LogP contribution in [0.2, 0.25) is 10.0 Å². The molecule has 12 heteroatoms. The van der Waals surface area contributed by atoms with Gasteiger partial charge < -0.3 is 10.0 Å². The molecule has 2 N–H and O–H groups in total. The Bertz CT molecular complexity index is 1300. The summed E-state index contributed by atoms with van der Waals surface area (Å²) in [5, 5.41) is 15.6. The van der Waals surface area contributed by atoms with E-state index < -0.39 is 5.97 Å². The van der Waals surface area contributed by atoms with Crippen LogP contribution in [-0.2, 0) is 11.3 Å². The number of pyridine rings is 1. The maximum absolute atomic E-state index is 13.1. The highest BCUT2D eigenvalue weighted by atomic mass is 35.5. The molecule has 8 nitrogen and oxygen atoms in total. The average molecular weight is 581 g/mol. The zero-order valence-electron chi connectivity index (χ0n) is 20.2. The molecule has 1 saturated heterocycles. The molecule has 1 aliphatic heterocycles. The third-order valence-electron chi connectivity index (χ3n) is 7.04. The number of carboxylic acids is 1. The summed E-state index contributed by atoms with van der Waals surface area (Å²) < 4.78 is 0. The van der Waals surface area contributed by atoms with Crippen molar-refractivity contribution in [3.63, 3.8) is 0 Å². The number of aromatic nitrogens is 2. The van der Waals surface area contributed by atoms with Gasteiger partial charge in [0.2, 0.25) is 0 Å². The molecular formula is C25H27Cl2N5O3S2. The summed E-state index contributed by atoms with van der Waals surface area (Å²) in [4.78, 5) is 39.8. The first-order chi connectivity index (χ1) is 17.8. The average Bonchev–Trinajstić information content (AvgIpc) is 3.43. The number of piperidine rings is 1. The molecule has 3 aromatic rings. The van der Waals surface area contributed by atoms with Gasteiger partial charge in [-0.15, -0.1) is 11.3 Å². The third-order valence-corrected chi connectivity index (χ3v) is 9.56. The minimum Gasteiger partial charge on any atom is -0.481 e. The summed E-state index contributed by atoms with van der Waals surface area (Å²) in [6.07, 6.45) is 6.26. The van der Waals surface area contributed by atoms with Gasteiger partial charge in [-0.05, 0) is 44.9 Å². The van der Waals surface area contributed by atoms with Gasteiger partial charge in [-0.1, -0.05) is 41.0 Å². The number of carboxylic acid groups (broad SMARTS) is 1. The number of hydrogen-bond acceptors (Lipinski definition) is 8. The van der Waals surface area contributed by atoms with E-state index in [4.69, 9.17) is 28.2 Å². The maximum atomic E-state index is 13.1. The van der Waals surface area contributed by atoms with E-state index in [0.717, 1.165) is 22.0 Å². The van der Waals surface area contributed by atoms with Crippen molar-refractivity contribution in [2.45, 2.75) is 44.7 Å². The van der Waals surface area contributed by atoms with Gasteiger partial charge in [-0.2, -0.15) is 0 Å². The molecule has 5 rings (SSSR count). The molecule has 0 atom stereocenters. The summed E-state index contributed by atoms with van der Waals surface area (Å²) >= 11 is 15.7. The predicted octanol–water partition coefficient (Wildman–Crippen LogP) is 6.11. The lowest BCUT2D eigenvalue weighted by molar-refractivity contribution is -0.142. The van der Waals surface area contributed by atoms with E-state index in [0.29, 0.717) is 58.5 Å². The van der Waals surface area contributed by atoms with Crippen LogP contribution in [0.25, 0.3) is 10.6 Å². The monoisotopic (exact) mass is 579 g/mol. The molecule has 2 aliphatic rings. The second-order valence-corrected chi connectivity index (χ2v) is 12.3. The van der Waals surface area contributed by atoms with Crippen LogP contribution in [-0.4, -0.2) is 58.0 Å². The van der Waals surface area contributed by atoms with Crippen LogP contribution in [0.15, 0.2) is 23.7 Å². The number of carbonyl (C=O) groups excluding carboxylic acids is 1. The van der Waals surface area contributed by atoms with Crippen molar-refractivity contribution in [3.8, 4) is 10.6 Å². The van der Waals surface area contributed by atoms with Crippen LogP contribution in [0.1, 0.15) is 47.3 Å². The van der Waals surface area contributed by atoms with Crippen molar-refractivity contribution in [2.75, 3.05) is 30.4 Å². The molecule has 0 unspecified atom stereocenters. The number of thiophene rings is 1. The Morgan fingerprint density at radius 1 is 1.22 bits per heavy atom. The van der Waals surface area contributed by atoms with Crippen LogP contribution >= 0.6 is 45.9 Å². The molecule has 1 aliphatic carbocycles. The fourth-order valence-electron chi connectivity index (χ4n) is 4.62. The molecule has 0 spiro atoms. The standard InChI is InChI=1S/C25H27Cl2N5O3S2/c1-31(17-3-2-4-17)12-20-21(19-10-16(26)13-36-19)29-25(37-20)30-23(33)15-9-18(27)22(28-11-15)32-7-5-14(6-8-32)24(34)35/h9-11,13-14,17H,2-8,12H2,1H3,(H,34,35)(H,29,30,33). The van der Waals surface area contributed by atoms with Crippen LogP contribution < -0.4 is 10.2 Å². The van der Waals surface area contributed by atoms with Crippen molar-refractivity contribution in [3.05, 3.63) is 44.2 Å². The van der Waals surface area contributed by atoms with Crippen molar-refractivity contribution < 1.29 is 14.7 Å². The molecular weight excluding hydrogens is 553 g/mol. The lowest BCUT2D eigenvalue weighted by atomic mass is 9.92. The van der Waals surface area contributed by atoms with E-state index in [1.807, 2.05) is 16.3 Å². The second-order valence-electron chi connectivity index (χ2n) is 9.50. The van der Waals surface area contributed by atoms with Gasteiger partial charge >= 0.3 is 5.97 Å². The van der Waals surface area contributed by atoms with Crippen molar-refractivity contribution in [1.82, 2.24) is 14.9 Å². The summed E-state index contributed by atoms with van der Waals surface area (Å²) in [7, 11) is 2.13. The largest absolute Gasteiger partial charge is 0.481 e. The zero-order chi connectivity index (χ0) is 26.1. The summed E-state index contributed by atoms with van der Waals surface area (Å²) in [6.45, 7) is 1.87. The molecule has 37 heavy (non-hydrogen) atoms. The Labute approximate surface area is 233 Å². The summed E-state index contributed by atoms with van der Waals surface area (Å²) in [5.74, 6) is -0.883. The van der Waals surface area contributed by atoms with Crippen molar-refractivity contribution in [2.24, 2.45) is 5.92 Å². The van der Waals surface area contributed by atoms with Crippen LogP contribution in [0.3, 0.4) is 0 Å². The summed E-state index contributed by atoms with van der Waals surface area (Å²) in [6, 6.07) is 4.09. The first kappa shape index (κ1) is 26.4. The first-order valence-electron chi connectivity index (χ1n) is 12.2. The number of nitrogens with zero attached hydrogens (tertiary/aromatic N) is 4. The van der Waals surface area contributed by atoms with E-state index in [2.05, 4.69) is 22.2 Å². The highest BCUT2D eigenvalue weighted by Crippen LogP contribution is 2.38. The molecule has 0 aromatic carbocycles. The molecule has 4 heterocycles. The predicted molar refractivity (Wildman–Crippen MR) is 149 cm³/mol. The van der Waals surface area contributed by atoms with Gasteiger partial charge in [-0.3, -0.25) is 19.8 Å². The Kier molecular flexibility index (Phi) is 8.02. The SMILES string of the molecule is CN(Cc1sc(NC(=O)c2cnc(N3CCC(C(=O)O)CC3)c(Cl)c2)nc1-c1cc(Cl)cs1)C1CCC1. The highest BCUT2D eigenvalue weighted by Gasteiger charge is 2.27. The minimum absolute atomic E-state index is 0.332. The van der Waals surface area contributed by atoms with Gasteiger partial charge in [0.25, 0.3) is 5.91 Å². The van der Waals surface area contributed by atoms with E-state index in [-0.39, 0.29) is 11.8 Å². The Morgan fingerprint density at radius 2 is 1.97 bits per heavy atom. The van der Waals surface area contributed by atoms with Gasteiger partial charge in [0.15, 0.2) is 5.13 Å². The fraction of sp³-hybridized carbons (Fsp3) is 0.440. The quantitative estimate of drug-likeness (QED) is 0.332. The molecule has 196 valence electrons. The molecule has 1 saturated carbocycles. The van der Waals surface area contributed by atoms with Crippen LogP contribution in [0.5, 0.6) is 0 Å². The molecule has 3 aromatic heterocycles. The first-order valence-corrected chi connectivity index (χ1v) is 14.6. The molecule has 0 radical (unpaired) electrons. The van der Waals surface area contributed by atoms with E-state index in [9.17, 15) is 14.7 Å². The van der Waals surface area contributed by atoms with Crippen molar-refractivity contribution >= 4 is 68.7 Å². The number of carbonyl (C=O) groups is 2. The maximum Gasteiger partial charge on any atom is 0.306 e. The number of halogens is 2. The third kappa shape index (κ3) is 5.93. The van der Waals surface area contributed by atoms with Crippen LogP contribution in [0.4, 0.5) is 10.9 Å². The van der Waals surface area contributed by atoms with Gasteiger partial charge in [0.05, 0.1) is 32.1 Å². The Morgan fingerprint density at radius 3 is 2.57 bits per heavy atom. The summed E-state index contributed by atoms with van der Waals surface area (Å²) in [5.41, 5.74) is 1.18. The number of amides is 1. The number of thiazole rings is 1. The molecule has 1 amide bonds. The number of anilines is 2. The van der Waals surface area contributed by atoms with Gasteiger partial charge in [0, 0.05) is 42.1 Å². The highest BCUT2D eigenvalue weighted by molar-refractivity contribution is 7.17. The van der Waals surface area contributed by atoms with Gasteiger partial charge in [0.1, 0.15) is 5.82 Å². The lowest BCUT2D eigenvalue weighted by Crippen LogP contribution is -2.37. The number of hydrogen-bond donors (Lipinski definition) is 2. The van der Waals surface area contributed by atoms with Crippen LogP contribution in [0, 0.1) is 5.92 Å². The van der Waals surface area contributed by atoms with Crippen molar-refractivity contribution in [1.29, 1.82) is 0 Å². The Balaban J connectivity index is 1.31. The topological polar surface area (TPSA) is 98.7 Å². The number of nitrogens with one attached hydrogen (secondary N) is 1. The van der Waals surface area contributed by atoms with E-state index >= 15 is 0 Å². The van der Waals surface area contributed by atoms with Gasteiger partial charge in [-0.25, -0.2) is 9.97 Å². The molecule has 0 bridgehead atoms. The minimum atomic E-state index is -0.768. The molecule has 2 fully saturated rings. The second kappa shape index (κ2) is 11.2. The van der Waals surface area contributed by atoms with E-state index in [1.165, 1.54) is 48.1 Å². The smallest absolute Gasteiger partial charge is 0.306 e.